The number of ether oxygens (including phenoxy) is 1. The molecule has 1 aromatic heterocycles. The van der Waals surface area contributed by atoms with Gasteiger partial charge in [-0.15, -0.1) is 0 Å². The monoisotopic (exact) mass is 400 g/mol. The number of likely N-dealkylation sites (tertiary alicyclic amines) is 1. The molecule has 1 saturated heterocycles. The fourth-order valence-corrected chi connectivity index (χ4v) is 4.60. The number of anilines is 1. The second-order valence-electron chi connectivity index (χ2n) is 8.22. The van der Waals surface area contributed by atoms with Crippen molar-refractivity contribution in [3.63, 3.8) is 0 Å². The van der Waals surface area contributed by atoms with E-state index in [1.807, 2.05) is 18.2 Å². The molecular formula is C25H28N4O. The van der Waals surface area contributed by atoms with E-state index >= 15 is 0 Å². The molecule has 2 aliphatic rings. The summed E-state index contributed by atoms with van der Waals surface area (Å²) < 4.78 is 6.08. The lowest BCUT2D eigenvalue weighted by Gasteiger charge is -2.26. The van der Waals surface area contributed by atoms with Gasteiger partial charge in [-0.3, -0.25) is 0 Å². The maximum atomic E-state index is 6.08. The lowest BCUT2D eigenvalue weighted by Crippen LogP contribution is -2.31. The number of piperidine rings is 1. The first-order valence-electron chi connectivity index (χ1n) is 11.0. The number of benzene rings is 2. The van der Waals surface area contributed by atoms with E-state index in [9.17, 15) is 0 Å². The van der Waals surface area contributed by atoms with Gasteiger partial charge in [0.25, 0.3) is 0 Å². The predicted octanol–water partition coefficient (Wildman–Crippen LogP) is 4.55. The highest BCUT2D eigenvalue weighted by molar-refractivity contribution is 5.82. The summed E-state index contributed by atoms with van der Waals surface area (Å²) in [7, 11) is 0. The molecule has 0 bridgehead atoms. The third-order valence-corrected chi connectivity index (χ3v) is 6.11. The zero-order valence-electron chi connectivity index (χ0n) is 17.3. The lowest BCUT2D eigenvalue weighted by molar-refractivity contribution is 0.205. The van der Waals surface area contributed by atoms with Gasteiger partial charge in [-0.1, -0.05) is 42.8 Å². The Bertz CT molecular complexity index is 1030. The molecule has 0 atom stereocenters. The molecule has 0 saturated carbocycles. The smallest absolute Gasteiger partial charge is 0.221 e. The Kier molecular flexibility index (Phi) is 5.37. The Morgan fingerprint density at radius 2 is 1.73 bits per heavy atom. The molecule has 0 unspecified atom stereocenters. The van der Waals surface area contributed by atoms with E-state index in [1.54, 1.807) is 0 Å². The quantitative estimate of drug-likeness (QED) is 0.481. The predicted molar refractivity (Wildman–Crippen MR) is 121 cm³/mol. The zero-order valence-corrected chi connectivity index (χ0v) is 17.3. The first kappa shape index (κ1) is 19.1. The highest BCUT2D eigenvalue weighted by Gasteiger charge is 2.25. The molecule has 1 fully saturated rings. The summed E-state index contributed by atoms with van der Waals surface area (Å²) in [6.45, 7) is 4.34. The Hall–Kier alpha value is -2.92. The van der Waals surface area contributed by atoms with Crippen molar-refractivity contribution in [1.29, 1.82) is 0 Å². The molecular weight excluding hydrogens is 372 g/mol. The largest absolute Gasteiger partial charge is 0.494 e. The van der Waals surface area contributed by atoms with Crippen LogP contribution in [-0.4, -0.2) is 41.1 Å². The number of hydrogen-bond donors (Lipinski definition) is 1. The Labute approximate surface area is 177 Å². The van der Waals surface area contributed by atoms with Gasteiger partial charge in [0.2, 0.25) is 5.95 Å². The van der Waals surface area contributed by atoms with Crippen LogP contribution in [0.25, 0.3) is 22.5 Å². The van der Waals surface area contributed by atoms with Gasteiger partial charge >= 0.3 is 0 Å². The normalized spacial score (nSPS) is 15.6. The molecule has 30 heavy (non-hydrogen) atoms. The summed E-state index contributed by atoms with van der Waals surface area (Å²) in [5.74, 6) is 1.21. The minimum absolute atomic E-state index is 0.313. The van der Waals surface area contributed by atoms with E-state index in [2.05, 4.69) is 45.2 Å². The molecule has 3 aromatic rings. The van der Waals surface area contributed by atoms with Gasteiger partial charge in [-0.25, -0.2) is 9.97 Å². The maximum absolute atomic E-state index is 6.08. The first-order valence-corrected chi connectivity index (χ1v) is 11.0. The zero-order chi connectivity index (χ0) is 20.3. The second-order valence-corrected chi connectivity index (χ2v) is 8.22. The van der Waals surface area contributed by atoms with Gasteiger partial charge in [0.1, 0.15) is 5.75 Å². The molecule has 2 aromatic carbocycles. The van der Waals surface area contributed by atoms with E-state index in [-0.39, 0.29) is 0 Å². The van der Waals surface area contributed by atoms with Crippen LogP contribution in [0.3, 0.4) is 0 Å². The third-order valence-electron chi connectivity index (χ3n) is 6.11. The average molecular weight is 401 g/mol. The maximum Gasteiger partial charge on any atom is 0.221 e. The number of aromatic nitrogens is 2. The lowest BCUT2D eigenvalue weighted by atomic mass is 10.0. The second kappa shape index (κ2) is 8.44. The number of fused-ring (bicyclic) bond motifs is 3. The summed E-state index contributed by atoms with van der Waals surface area (Å²) in [5.41, 5.74) is 12.5. The van der Waals surface area contributed by atoms with E-state index < -0.39 is 0 Å². The Balaban J connectivity index is 1.32. The Morgan fingerprint density at radius 3 is 2.57 bits per heavy atom. The van der Waals surface area contributed by atoms with Crippen molar-refractivity contribution < 1.29 is 4.74 Å². The average Bonchev–Trinajstić information content (AvgIpc) is 3.15. The van der Waals surface area contributed by atoms with Crippen molar-refractivity contribution in [2.24, 2.45) is 0 Å². The summed E-state index contributed by atoms with van der Waals surface area (Å²) in [5, 5.41) is 0. The molecule has 0 spiro atoms. The van der Waals surface area contributed by atoms with Gasteiger partial charge in [-0.2, -0.15) is 0 Å². The van der Waals surface area contributed by atoms with Crippen molar-refractivity contribution in [3.8, 4) is 28.3 Å². The molecule has 1 aliphatic carbocycles. The summed E-state index contributed by atoms with van der Waals surface area (Å²) in [4.78, 5) is 11.7. The molecule has 5 nitrogen and oxygen atoms in total. The standard InChI is InChI=1S/C25H28N4O/c26-25-27-23(18-8-3-1-4-9-18)22-16-19-10-11-20(17-21(19)24(22)28-25)30-15-7-14-29-12-5-2-6-13-29/h1,3-4,8-11,17H,2,5-7,12-16H2,(H2,26,27,28). The SMILES string of the molecule is Nc1nc(-c2ccccc2)c2c(n1)-c1cc(OCCCN3CCCCC3)ccc1C2. The van der Waals surface area contributed by atoms with Crippen LogP contribution in [0, 0.1) is 0 Å². The molecule has 154 valence electrons. The number of hydrogen-bond acceptors (Lipinski definition) is 5. The van der Waals surface area contributed by atoms with E-state index in [0.717, 1.165) is 59.8 Å². The van der Waals surface area contributed by atoms with Crippen LogP contribution in [0.5, 0.6) is 5.75 Å². The summed E-state index contributed by atoms with van der Waals surface area (Å²) >= 11 is 0. The fourth-order valence-electron chi connectivity index (χ4n) is 4.60. The van der Waals surface area contributed by atoms with Gasteiger partial charge < -0.3 is 15.4 Å². The van der Waals surface area contributed by atoms with Crippen LogP contribution in [0.2, 0.25) is 0 Å². The van der Waals surface area contributed by atoms with Gasteiger partial charge in [0.05, 0.1) is 18.0 Å². The molecule has 0 radical (unpaired) electrons. The van der Waals surface area contributed by atoms with E-state index in [4.69, 9.17) is 10.5 Å². The molecule has 0 amide bonds. The van der Waals surface area contributed by atoms with Crippen molar-refractivity contribution >= 4 is 5.95 Å². The molecule has 5 rings (SSSR count). The fraction of sp³-hybridized carbons (Fsp3) is 0.360. The number of nitrogens with zero attached hydrogens (tertiary/aromatic N) is 3. The molecule has 5 heteroatoms. The van der Waals surface area contributed by atoms with Crippen molar-refractivity contribution in [1.82, 2.24) is 14.9 Å². The van der Waals surface area contributed by atoms with Crippen LogP contribution >= 0.6 is 0 Å². The minimum atomic E-state index is 0.313. The topological polar surface area (TPSA) is 64.3 Å². The van der Waals surface area contributed by atoms with Crippen molar-refractivity contribution in [2.75, 3.05) is 32.0 Å². The summed E-state index contributed by atoms with van der Waals surface area (Å²) in [6.07, 6.45) is 5.93. The molecule has 2 N–H and O–H groups in total. The van der Waals surface area contributed by atoms with E-state index in [0.29, 0.717) is 5.95 Å². The number of rotatable bonds is 6. The summed E-state index contributed by atoms with van der Waals surface area (Å²) in [6, 6.07) is 16.5. The van der Waals surface area contributed by atoms with E-state index in [1.165, 1.54) is 37.9 Å². The van der Waals surface area contributed by atoms with Gasteiger partial charge in [0.15, 0.2) is 0 Å². The highest BCUT2D eigenvalue weighted by atomic mass is 16.5. The van der Waals surface area contributed by atoms with Crippen molar-refractivity contribution in [2.45, 2.75) is 32.1 Å². The third kappa shape index (κ3) is 3.90. The van der Waals surface area contributed by atoms with Crippen LogP contribution < -0.4 is 10.5 Å². The van der Waals surface area contributed by atoms with Gasteiger partial charge in [0, 0.05) is 29.7 Å². The molecule has 1 aliphatic heterocycles. The van der Waals surface area contributed by atoms with Crippen LogP contribution in [0.15, 0.2) is 48.5 Å². The molecule has 2 heterocycles. The highest BCUT2D eigenvalue weighted by Crippen LogP contribution is 2.41. The van der Waals surface area contributed by atoms with Gasteiger partial charge in [-0.05, 0) is 50.0 Å². The minimum Gasteiger partial charge on any atom is -0.494 e. The Morgan fingerprint density at radius 1 is 0.933 bits per heavy atom. The van der Waals surface area contributed by atoms with Crippen LogP contribution in [0.4, 0.5) is 5.95 Å². The first-order chi connectivity index (χ1) is 14.8. The van der Waals surface area contributed by atoms with Crippen molar-refractivity contribution in [3.05, 3.63) is 59.7 Å². The number of nitrogens with two attached hydrogens (primary N) is 1. The van der Waals surface area contributed by atoms with Crippen LogP contribution in [-0.2, 0) is 6.42 Å². The van der Waals surface area contributed by atoms with Crippen LogP contribution in [0.1, 0.15) is 36.8 Å². The number of nitrogen functional groups attached to an aromatic ring is 1.